The van der Waals surface area contributed by atoms with Gasteiger partial charge < -0.3 is 9.80 Å². The average molecular weight is 205 g/mol. The fourth-order valence-corrected chi connectivity index (χ4v) is 1.92. The quantitative estimate of drug-likeness (QED) is 0.682. The number of carbonyl (C=O) groups is 1. The molecule has 4 nitrogen and oxygen atoms in total. The van der Waals surface area contributed by atoms with E-state index in [0.717, 1.165) is 19.5 Å². The second-order valence-corrected chi connectivity index (χ2v) is 4.09. The average Bonchev–Trinajstić information content (AvgIpc) is 2.16. The summed E-state index contributed by atoms with van der Waals surface area (Å²) in [5.41, 5.74) is 2.43. The number of carbonyl (C=O) groups excluding carboxylic acids is 1. The van der Waals surface area contributed by atoms with Gasteiger partial charge in [-0.3, -0.25) is 9.78 Å². The first-order valence-corrected chi connectivity index (χ1v) is 5.03. The minimum Gasteiger partial charge on any atom is -0.377 e. The summed E-state index contributed by atoms with van der Waals surface area (Å²) in [4.78, 5) is 18.5. The van der Waals surface area contributed by atoms with Gasteiger partial charge >= 0.3 is 0 Å². The lowest BCUT2D eigenvalue weighted by molar-refractivity contribution is -0.122. The Bertz CT molecular complexity index is 359. The molecular weight excluding hydrogens is 190 g/mol. The lowest BCUT2D eigenvalue weighted by Gasteiger charge is -2.38. The van der Waals surface area contributed by atoms with Crippen molar-refractivity contribution in [2.24, 2.45) is 0 Å². The summed E-state index contributed by atoms with van der Waals surface area (Å²) in [7, 11) is 4.05. The lowest BCUT2D eigenvalue weighted by atomic mass is 9.92. The highest BCUT2D eigenvalue weighted by atomic mass is 16.1. The van der Waals surface area contributed by atoms with Gasteiger partial charge in [0.25, 0.3) is 0 Å². The second-order valence-electron chi connectivity index (χ2n) is 4.09. The smallest absolute Gasteiger partial charge is 0.209 e. The van der Waals surface area contributed by atoms with Gasteiger partial charge in [-0.1, -0.05) is 0 Å². The number of nitrogens with zero attached hydrogens (tertiary/aromatic N) is 3. The summed E-state index contributed by atoms with van der Waals surface area (Å²) >= 11 is 0. The Kier molecular flexibility index (Phi) is 2.58. The number of hydrogen-bond acceptors (Lipinski definition) is 3. The maximum absolute atomic E-state index is 10.5. The van der Waals surface area contributed by atoms with Crippen molar-refractivity contribution >= 4 is 12.1 Å². The molecule has 1 aromatic rings. The molecule has 1 aliphatic heterocycles. The first-order chi connectivity index (χ1) is 7.22. The molecule has 0 atom stereocenters. The molecule has 1 fully saturated rings. The number of amides is 1. The van der Waals surface area contributed by atoms with Gasteiger partial charge in [-0.05, 0) is 6.07 Å². The van der Waals surface area contributed by atoms with Crippen molar-refractivity contribution < 1.29 is 4.79 Å². The number of anilines is 1. The molecule has 4 heteroatoms. The van der Waals surface area contributed by atoms with E-state index in [9.17, 15) is 4.79 Å². The van der Waals surface area contributed by atoms with E-state index in [1.165, 1.54) is 11.3 Å². The molecule has 0 spiro atoms. The molecular formula is C11H15N3O. The van der Waals surface area contributed by atoms with Crippen molar-refractivity contribution in [1.82, 2.24) is 9.88 Å². The van der Waals surface area contributed by atoms with E-state index < -0.39 is 0 Å². The normalized spacial score (nSPS) is 16.0. The van der Waals surface area contributed by atoms with Gasteiger partial charge in [0.1, 0.15) is 0 Å². The molecule has 0 bridgehead atoms. The first kappa shape index (κ1) is 9.96. The SMILES string of the molecule is CN(C)c1ccncc1C1CN(C=O)C1. The number of aromatic nitrogens is 1. The zero-order valence-corrected chi connectivity index (χ0v) is 9.05. The fraction of sp³-hybridized carbons (Fsp3) is 0.455. The zero-order valence-electron chi connectivity index (χ0n) is 9.05. The third-order valence-electron chi connectivity index (χ3n) is 2.81. The molecule has 1 saturated heterocycles. The summed E-state index contributed by atoms with van der Waals surface area (Å²) in [6.45, 7) is 1.63. The van der Waals surface area contributed by atoms with Crippen molar-refractivity contribution in [3.63, 3.8) is 0 Å². The van der Waals surface area contributed by atoms with Crippen LogP contribution in [0.15, 0.2) is 18.5 Å². The van der Waals surface area contributed by atoms with Crippen LogP contribution in [0, 0.1) is 0 Å². The van der Waals surface area contributed by atoms with Crippen molar-refractivity contribution in [2.45, 2.75) is 5.92 Å². The molecule has 2 rings (SSSR count). The number of likely N-dealkylation sites (tertiary alicyclic amines) is 1. The summed E-state index contributed by atoms with van der Waals surface area (Å²) in [5, 5.41) is 0. The predicted octanol–water partition coefficient (Wildman–Crippen LogP) is 0.703. The van der Waals surface area contributed by atoms with Crippen LogP contribution in [0.3, 0.4) is 0 Å². The second kappa shape index (κ2) is 3.88. The van der Waals surface area contributed by atoms with E-state index in [4.69, 9.17) is 0 Å². The van der Waals surface area contributed by atoms with Gasteiger partial charge in [0.15, 0.2) is 0 Å². The molecule has 1 aliphatic rings. The van der Waals surface area contributed by atoms with E-state index in [-0.39, 0.29) is 0 Å². The van der Waals surface area contributed by atoms with E-state index in [1.807, 2.05) is 26.4 Å². The highest BCUT2D eigenvalue weighted by Gasteiger charge is 2.29. The molecule has 1 aromatic heterocycles. The summed E-state index contributed by atoms with van der Waals surface area (Å²) < 4.78 is 0. The van der Waals surface area contributed by atoms with Crippen LogP contribution in [0.1, 0.15) is 11.5 Å². The Morgan fingerprint density at radius 2 is 2.27 bits per heavy atom. The maximum Gasteiger partial charge on any atom is 0.209 e. The Morgan fingerprint density at radius 3 is 2.87 bits per heavy atom. The van der Waals surface area contributed by atoms with Gasteiger partial charge in [-0.25, -0.2) is 0 Å². The molecule has 0 aliphatic carbocycles. The topological polar surface area (TPSA) is 36.4 Å². The minimum absolute atomic E-state index is 0.446. The Balaban J connectivity index is 2.18. The van der Waals surface area contributed by atoms with E-state index in [1.54, 1.807) is 11.1 Å². The number of rotatable bonds is 3. The number of hydrogen-bond donors (Lipinski definition) is 0. The highest BCUT2D eigenvalue weighted by molar-refractivity contribution is 5.56. The Morgan fingerprint density at radius 1 is 1.53 bits per heavy atom. The van der Waals surface area contributed by atoms with Crippen LogP contribution in [-0.2, 0) is 4.79 Å². The fourth-order valence-electron chi connectivity index (χ4n) is 1.92. The summed E-state index contributed by atoms with van der Waals surface area (Å²) in [5.74, 6) is 0.446. The van der Waals surface area contributed by atoms with Crippen LogP contribution in [0.25, 0.3) is 0 Å². The van der Waals surface area contributed by atoms with Crippen LogP contribution in [0.5, 0.6) is 0 Å². The van der Waals surface area contributed by atoms with Gasteiger partial charge in [-0.2, -0.15) is 0 Å². The predicted molar refractivity (Wildman–Crippen MR) is 58.9 cm³/mol. The largest absolute Gasteiger partial charge is 0.377 e. The molecule has 0 N–H and O–H groups in total. The third-order valence-corrected chi connectivity index (χ3v) is 2.81. The van der Waals surface area contributed by atoms with Crippen LogP contribution in [-0.4, -0.2) is 43.5 Å². The molecule has 0 saturated carbocycles. The lowest BCUT2D eigenvalue weighted by Crippen LogP contribution is -2.44. The molecule has 2 heterocycles. The Labute approximate surface area is 89.5 Å². The van der Waals surface area contributed by atoms with Crippen molar-refractivity contribution in [2.75, 3.05) is 32.1 Å². The third kappa shape index (κ3) is 1.79. The maximum atomic E-state index is 10.5. The van der Waals surface area contributed by atoms with Gasteiger partial charge in [-0.15, -0.1) is 0 Å². The zero-order chi connectivity index (χ0) is 10.8. The van der Waals surface area contributed by atoms with Gasteiger partial charge in [0.05, 0.1) is 0 Å². The standard InChI is InChI=1S/C11H15N3O/c1-13(2)11-3-4-12-5-10(11)9-6-14(7-9)8-15/h3-5,8-9H,6-7H2,1-2H3. The molecule has 1 amide bonds. The van der Waals surface area contributed by atoms with Crippen LogP contribution in [0.4, 0.5) is 5.69 Å². The summed E-state index contributed by atoms with van der Waals surface area (Å²) in [6.07, 6.45) is 4.61. The van der Waals surface area contributed by atoms with Crippen molar-refractivity contribution in [1.29, 1.82) is 0 Å². The van der Waals surface area contributed by atoms with Crippen molar-refractivity contribution in [3.8, 4) is 0 Å². The molecule has 0 unspecified atom stereocenters. The monoisotopic (exact) mass is 205 g/mol. The number of pyridine rings is 1. The van der Waals surface area contributed by atoms with Gasteiger partial charge in [0.2, 0.25) is 6.41 Å². The van der Waals surface area contributed by atoms with E-state index >= 15 is 0 Å². The molecule has 15 heavy (non-hydrogen) atoms. The molecule has 0 radical (unpaired) electrons. The van der Waals surface area contributed by atoms with E-state index in [2.05, 4.69) is 9.88 Å². The molecule has 80 valence electrons. The minimum atomic E-state index is 0.446. The van der Waals surface area contributed by atoms with Crippen LogP contribution >= 0.6 is 0 Å². The van der Waals surface area contributed by atoms with Gasteiger partial charge in [0, 0.05) is 56.7 Å². The van der Waals surface area contributed by atoms with E-state index in [0.29, 0.717) is 5.92 Å². The van der Waals surface area contributed by atoms with Crippen LogP contribution < -0.4 is 4.90 Å². The van der Waals surface area contributed by atoms with Crippen molar-refractivity contribution in [3.05, 3.63) is 24.0 Å². The summed E-state index contributed by atoms with van der Waals surface area (Å²) in [6, 6.07) is 2.01. The first-order valence-electron chi connectivity index (χ1n) is 5.03. The Hall–Kier alpha value is -1.58. The molecule has 0 aromatic carbocycles. The van der Waals surface area contributed by atoms with Crippen LogP contribution in [0.2, 0.25) is 0 Å². The highest BCUT2D eigenvalue weighted by Crippen LogP contribution is 2.31.